The predicted octanol–water partition coefficient (Wildman–Crippen LogP) is 2.92. The molecule has 92 valence electrons. The van der Waals surface area contributed by atoms with Crippen LogP contribution in [0.3, 0.4) is 0 Å². The Morgan fingerprint density at radius 3 is 2.41 bits per heavy atom. The summed E-state index contributed by atoms with van der Waals surface area (Å²) in [6.45, 7) is 4.38. The quantitative estimate of drug-likeness (QED) is 0.365. The minimum Gasteiger partial charge on any atom is -0.323 e. The summed E-state index contributed by atoms with van der Waals surface area (Å²) in [5, 5.41) is 3.46. The second kappa shape index (κ2) is 5.05. The molecule has 1 rings (SSSR count). The molecule has 0 saturated heterocycles. The van der Waals surface area contributed by atoms with Crippen LogP contribution in [0.25, 0.3) is 10.4 Å². The lowest BCUT2D eigenvalue weighted by Crippen LogP contribution is -2.17. The van der Waals surface area contributed by atoms with Gasteiger partial charge in [-0.1, -0.05) is 11.2 Å². The normalized spacial score (nSPS) is 16.6. The van der Waals surface area contributed by atoms with Crippen molar-refractivity contribution in [1.82, 2.24) is 4.98 Å². The molecule has 2 atom stereocenters. The van der Waals surface area contributed by atoms with E-state index in [1.807, 2.05) is 0 Å². The first-order chi connectivity index (χ1) is 7.80. The van der Waals surface area contributed by atoms with Gasteiger partial charge < -0.3 is 9.13 Å². The van der Waals surface area contributed by atoms with Crippen LogP contribution in [0.15, 0.2) is 29.5 Å². The molecule has 0 bridgehead atoms. The lowest BCUT2D eigenvalue weighted by molar-refractivity contribution is 0.569. The van der Waals surface area contributed by atoms with E-state index in [4.69, 9.17) is 5.53 Å². The molecule has 0 aliphatic carbocycles. The lowest BCUT2D eigenvalue weighted by Gasteiger charge is -2.23. The molecule has 1 aromatic heterocycles. The van der Waals surface area contributed by atoms with Gasteiger partial charge in [-0.25, -0.2) is 0 Å². The molecule has 0 radical (unpaired) electrons. The first kappa shape index (κ1) is 14.0. The molecule has 0 spiro atoms. The van der Waals surface area contributed by atoms with Gasteiger partial charge in [0.15, 0.2) is 0 Å². The average molecular weight is 272 g/mol. The summed E-state index contributed by atoms with van der Waals surface area (Å²) < 4.78 is 24.7. The van der Waals surface area contributed by atoms with E-state index in [0.29, 0.717) is 5.44 Å². The molecular formula is C9H14N4O2P2. The average Bonchev–Trinajstić information content (AvgIpc) is 2.25. The molecule has 17 heavy (non-hydrogen) atoms. The van der Waals surface area contributed by atoms with E-state index in [0.717, 1.165) is 0 Å². The number of rotatable bonds is 4. The van der Waals surface area contributed by atoms with Gasteiger partial charge in [0.25, 0.3) is 0 Å². The van der Waals surface area contributed by atoms with Gasteiger partial charge >= 0.3 is 0 Å². The molecular weight excluding hydrogens is 258 g/mol. The van der Waals surface area contributed by atoms with Gasteiger partial charge in [0.1, 0.15) is 18.1 Å². The van der Waals surface area contributed by atoms with Crippen molar-refractivity contribution < 1.29 is 9.13 Å². The molecule has 1 heterocycles. The highest BCUT2D eigenvalue weighted by Gasteiger charge is 2.38. The molecule has 6 nitrogen and oxygen atoms in total. The third-order valence-corrected chi connectivity index (χ3v) is 8.62. The van der Waals surface area contributed by atoms with Gasteiger partial charge in [-0.05, 0) is 37.7 Å². The molecule has 0 fully saturated rings. The van der Waals surface area contributed by atoms with Crippen molar-refractivity contribution in [1.29, 1.82) is 0 Å². The standard InChI is InChI=1S/C9H14N4O2P2/c1-16(2,14)9(12-13-10)17(3,15)8-6-4-5-7-11-8/h4-7,9H,1-3H3. The van der Waals surface area contributed by atoms with Crippen molar-refractivity contribution >= 4 is 19.7 Å². The van der Waals surface area contributed by atoms with Crippen molar-refractivity contribution in [2.45, 2.75) is 5.52 Å². The molecule has 0 aromatic carbocycles. The minimum absolute atomic E-state index is 0.335. The van der Waals surface area contributed by atoms with Crippen LogP contribution in [0.2, 0.25) is 0 Å². The van der Waals surface area contributed by atoms with Gasteiger partial charge in [0.05, 0.1) is 7.14 Å². The van der Waals surface area contributed by atoms with Gasteiger partial charge in [-0.2, -0.15) is 0 Å². The number of aromatic nitrogens is 1. The van der Waals surface area contributed by atoms with Crippen LogP contribution in [0.4, 0.5) is 0 Å². The van der Waals surface area contributed by atoms with Crippen LogP contribution >= 0.6 is 14.3 Å². The molecule has 0 aliphatic heterocycles. The van der Waals surface area contributed by atoms with Crippen LogP contribution in [0, 0.1) is 0 Å². The minimum atomic E-state index is -3.09. The summed E-state index contributed by atoms with van der Waals surface area (Å²) in [7, 11) is -5.89. The molecule has 0 aliphatic rings. The number of nitrogens with zero attached hydrogens (tertiary/aromatic N) is 4. The summed E-state index contributed by atoms with van der Waals surface area (Å²) in [4.78, 5) is 6.65. The van der Waals surface area contributed by atoms with E-state index >= 15 is 0 Å². The lowest BCUT2D eigenvalue weighted by atomic mass is 10.5. The van der Waals surface area contributed by atoms with Gasteiger partial charge in [-0.15, -0.1) is 0 Å². The van der Waals surface area contributed by atoms with Gasteiger partial charge in [-0.3, -0.25) is 4.98 Å². The van der Waals surface area contributed by atoms with Gasteiger partial charge in [0.2, 0.25) is 0 Å². The van der Waals surface area contributed by atoms with E-state index < -0.39 is 19.8 Å². The number of azide groups is 1. The van der Waals surface area contributed by atoms with Crippen molar-refractivity contribution in [2.24, 2.45) is 5.11 Å². The largest absolute Gasteiger partial charge is 0.323 e. The monoisotopic (exact) mass is 272 g/mol. The molecule has 0 N–H and O–H groups in total. The van der Waals surface area contributed by atoms with Crippen LogP contribution < -0.4 is 5.44 Å². The van der Waals surface area contributed by atoms with Crippen LogP contribution in [0.1, 0.15) is 0 Å². The maximum atomic E-state index is 12.7. The van der Waals surface area contributed by atoms with E-state index in [9.17, 15) is 9.13 Å². The Morgan fingerprint density at radius 2 is 2.00 bits per heavy atom. The highest BCUT2D eigenvalue weighted by molar-refractivity contribution is 7.84. The smallest absolute Gasteiger partial charge is 0.149 e. The maximum absolute atomic E-state index is 12.7. The van der Waals surface area contributed by atoms with E-state index in [1.165, 1.54) is 26.2 Å². The fourth-order valence-corrected chi connectivity index (χ4v) is 7.59. The summed E-state index contributed by atoms with van der Waals surface area (Å²) in [5.41, 5.74) is 7.81. The molecule has 1 aromatic rings. The summed E-state index contributed by atoms with van der Waals surface area (Å²) in [6, 6.07) is 4.99. The van der Waals surface area contributed by atoms with E-state index in [1.54, 1.807) is 18.2 Å². The van der Waals surface area contributed by atoms with E-state index in [2.05, 4.69) is 15.0 Å². The third kappa shape index (κ3) is 3.19. The second-order valence-corrected chi connectivity index (χ2v) is 10.9. The van der Waals surface area contributed by atoms with Crippen LogP contribution in [-0.2, 0) is 9.13 Å². The third-order valence-electron chi connectivity index (χ3n) is 2.26. The fourth-order valence-electron chi connectivity index (χ4n) is 1.53. The Morgan fingerprint density at radius 1 is 1.35 bits per heavy atom. The van der Waals surface area contributed by atoms with Crippen molar-refractivity contribution in [3.8, 4) is 0 Å². The summed E-state index contributed by atoms with van der Waals surface area (Å²) >= 11 is 0. The SMILES string of the molecule is CP(C)(=O)C(N=[N+]=[N-])P(C)(=O)c1ccccn1. The zero-order chi connectivity index (χ0) is 13.1. The summed E-state index contributed by atoms with van der Waals surface area (Å²) in [5.74, 6) is 0. The highest BCUT2D eigenvalue weighted by atomic mass is 31.2. The second-order valence-electron chi connectivity index (χ2n) is 4.16. The Kier molecular flexibility index (Phi) is 4.16. The highest BCUT2D eigenvalue weighted by Crippen LogP contribution is 2.62. The summed E-state index contributed by atoms with van der Waals surface area (Å²) in [6.07, 6.45) is 1.51. The number of hydrogen-bond donors (Lipinski definition) is 0. The first-order valence-corrected chi connectivity index (χ1v) is 9.77. The molecule has 0 amide bonds. The predicted molar refractivity (Wildman–Crippen MR) is 69.8 cm³/mol. The fraction of sp³-hybridized carbons (Fsp3) is 0.444. The molecule has 2 unspecified atom stereocenters. The van der Waals surface area contributed by atoms with Gasteiger partial charge in [0, 0.05) is 11.1 Å². The van der Waals surface area contributed by atoms with Crippen LogP contribution in [0.5, 0.6) is 0 Å². The van der Waals surface area contributed by atoms with Crippen molar-refractivity contribution in [3.63, 3.8) is 0 Å². The zero-order valence-electron chi connectivity index (χ0n) is 9.89. The zero-order valence-corrected chi connectivity index (χ0v) is 11.7. The molecule has 8 heteroatoms. The Balaban J connectivity index is 3.33. The topological polar surface area (TPSA) is 95.8 Å². The van der Waals surface area contributed by atoms with E-state index in [-0.39, 0.29) is 0 Å². The number of pyridine rings is 1. The number of hydrogen-bond acceptors (Lipinski definition) is 4. The van der Waals surface area contributed by atoms with Crippen molar-refractivity contribution in [3.05, 3.63) is 34.8 Å². The van der Waals surface area contributed by atoms with Crippen molar-refractivity contribution in [2.75, 3.05) is 20.0 Å². The Bertz CT molecular complexity index is 533. The van der Waals surface area contributed by atoms with Crippen LogP contribution in [-0.4, -0.2) is 30.5 Å². The Hall–Kier alpha value is -1.08. The Labute approximate surface area is 99.8 Å². The first-order valence-electron chi connectivity index (χ1n) is 4.88. The molecule has 0 saturated carbocycles. The maximum Gasteiger partial charge on any atom is 0.149 e.